The summed E-state index contributed by atoms with van der Waals surface area (Å²) in [5, 5.41) is 13.0. The molecule has 0 saturated carbocycles. The van der Waals surface area contributed by atoms with E-state index in [-0.39, 0.29) is 18.1 Å². The first-order valence-corrected chi connectivity index (χ1v) is 12.7. The number of rotatable bonds is 7. The summed E-state index contributed by atoms with van der Waals surface area (Å²) in [6.45, 7) is 0.140. The van der Waals surface area contributed by atoms with E-state index in [1.165, 1.54) is 24.9 Å². The van der Waals surface area contributed by atoms with Crippen LogP contribution < -0.4 is 14.8 Å². The molecule has 1 aliphatic heterocycles. The molecule has 0 radical (unpaired) electrons. The van der Waals surface area contributed by atoms with Crippen molar-refractivity contribution in [3.63, 3.8) is 0 Å². The third-order valence-corrected chi connectivity index (χ3v) is 7.22. The minimum Gasteiger partial charge on any atom is -0.493 e. The SMILES string of the molecule is COc1cc(/C=C2/SC(=Nc3cccc(Cl)c3Cl)NC2=O)cc(Br)c1OCc1cccc(C(=O)O)c1. The number of methoxy groups -OCH3 is 1. The first kappa shape index (κ1) is 26.1. The summed E-state index contributed by atoms with van der Waals surface area (Å²) in [7, 11) is 1.51. The Morgan fingerprint density at radius 1 is 1.19 bits per heavy atom. The van der Waals surface area contributed by atoms with Gasteiger partial charge in [0.15, 0.2) is 16.7 Å². The maximum absolute atomic E-state index is 12.5. The number of carbonyl (C=O) groups excluding carboxylic acids is 1. The number of benzene rings is 3. The van der Waals surface area contributed by atoms with Crippen molar-refractivity contribution in [3.8, 4) is 11.5 Å². The Morgan fingerprint density at radius 3 is 2.72 bits per heavy atom. The quantitative estimate of drug-likeness (QED) is 0.283. The lowest BCUT2D eigenvalue weighted by atomic mass is 10.1. The van der Waals surface area contributed by atoms with Gasteiger partial charge in [-0.25, -0.2) is 9.79 Å². The first-order chi connectivity index (χ1) is 17.2. The van der Waals surface area contributed by atoms with Gasteiger partial charge in [0.1, 0.15) is 6.61 Å². The van der Waals surface area contributed by atoms with Crippen molar-refractivity contribution in [2.45, 2.75) is 6.61 Å². The highest BCUT2D eigenvalue weighted by atomic mass is 79.9. The lowest BCUT2D eigenvalue weighted by Gasteiger charge is -2.14. The molecule has 7 nitrogen and oxygen atoms in total. The lowest BCUT2D eigenvalue weighted by Crippen LogP contribution is -2.19. The second-order valence-electron chi connectivity index (χ2n) is 7.38. The van der Waals surface area contributed by atoms with Gasteiger partial charge in [-0.05, 0) is 81.3 Å². The molecule has 1 fully saturated rings. The van der Waals surface area contributed by atoms with Crippen LogP contribution in [0.3, 0.4) is 0 Å². The van der Waals surface area contributed by atoms with Crippen molar-refractivity contribution in [2.75, 3.05) is 7.11 Å². The number of carboxylic acid groups (broad SMARTS) is 1. The van der Waals surface area contributed by atoms with E-state index >= 15 is 0 Å². The molecule has 36 heavy (non-hydrogen) atoms. The molecule has 0 spiro atoms. The van der Waals surface area contributed by atoms with Crippen molar-refractivity contribution in [1.29, 1.82) is 0 Å². The zero-order chi connectivity index (χ0) is 25.8. The number of hydrogen-bond donors (Lipinski definition) is 2. The van der Waals surface area contributed by atoms with Crippen LogP contribution in [0.5, 0.6) is 11.5 Å². The average Bonchev–Trinajstić information content (AvgIpc) is 3.19. The molecule has 3 aromatic rings. The number of halogens is 3. The summed E-state index contributed by atoms with van der Waals surface area (Å²) in [6, 6.07) is 15.1. The van der Waals surface area contributed by atoms with Gasteiger partial charge in [-0.1, -0.05) is 41.4 Å². The van der Waals surface area contributed by atoms with E-state index in [0.717, 1.165) is 0 Å². The van der Waals surface area contributed by atoms with Crippen molar-refractivity contribution >= 4 is 79.7 Å². The molecule has 0 atom stereocenters. The molecule has 4 rings (SSSR count). The topological polar surface area (TPSA) is 97.2 Å². The third kappa shape index (κ3) is 6.04. The van der Waals surface area contributed by atoms with Gasteiger partial charge in [0.25, 0.3) is 5.91 Å². The van der Waals surface area contributed by atoms with Crippen LogP contribution in [0.25, 0.3) is 6.08 Å². The van der Waals surface area contributed by atoms with Crippen LogP contribution in [0.1, 0.15) is 21.5 Å². The molecule has 1 aliphatic rings. The molecule has 0 unspecified atom stereocenters. The summed E-state index contributed by atoms with van der Waals surface area (Å²) < 4.78 is 12.0. The second-order valence-corrected chi connectivity index (χ2v) is 10.1. The van der Waals surface area contributed by atoms with Crippen molar-refractivity contribution in [1.82, 2.24) is 5.32 Å². The smallest absolute Gasteiger partial charge is 0.335 e. The normalized spacial score (nSPS) is 15.3. The van der Waals surface area contributed by atoms with Gasteiger partial charge in [-0.15, -0.1) is 0 Å². The fourth-order valence-corrected chi connectivity index (χ4v) is 4.98. The van der Waals surface area contributed by atoms with Gasteiger partial charge in [0.2, 0.25) is 0 Å². The second kappa shape index (κ2) is 11.4. The number of ether oxygens (including phenoxy) is 2. The molecule has 0 aliphatic carbocycles. The fourth-order valence-electron chi connectivity index (χ4n) is 3.23. The first-order valence-electron chi connectivity index (χ1n) is 10.3. The summed E-state index contributed by atoms with van der Waals surface area (Å²) in [6.07, 6.45) is 1.70. The van der Waals surface area contributed by atoms with E-state index in [2.05, 4.69) is 26.2 Å². The van der Waals surface area contributed by atoms with Gasteiger partial charge in [-0.2, -0.15) is 0 Å². The molecular weight excluding hydrogens is 591 g/mol. The predicted molar refractivity (Wildman–Crippen MR) is 146 cm³/mol. The number of aliphatic imine (C=N–C) groups is 1. The van der Waals surface area contributed by atoms with Crippen LogP contribution in [0.4, 0.5) is 5.69 Å². The average molecular weight is 608 g/mol. The van der Waals surface area contributed by atoms with Crippen molar-refractivity contribution in [3.05, 3.63) is 90.7 Å². The Balaban J connectivity index is 1.54. The number of carbonyl (C=O) groups is 2. The van der Waals surface area contributed by atoms with Crippen LogP contribution in [-0.4, -0.2) is 29.3 Å². The summed E-state index contributed by atoms with van der Waals surface area (Å²) in [5.74, 6) is -0.424. The van der Waals surface area contributed by atoms with Crippen LogP contribution >= 0.6 is 50.9 Å². The highest BCUT2D eigenvalue weighted by Crippen LogP contribution is 2.39. The molecule has 1 heterocycles. The van der Waals surface area contributed by atoms with Crippen molar-refractivity contribution in [2.24, 2.45) is 4.99 Å². The Kier molecular flexibility index (Phi) is 8.25. The van der Waals surface area contributed by atoms with Crippen LogP contribution in [-0.2, 0) is 11.4 Å². The Labute approximate surface area is 229 Å². The number of aromatic carboxylic acids is 1. The molecule has 0 aromatic heterocycles. The van der Waals surface area contributed by atoms with Crippen LogP contribution in [0.2, 0.25) is 10.0 Å². The number of nitrogens with zero attached hydrogens (tertiary/aromatic N) is 1. The summed E-state index contributed by atoms with van der Waals surface area (Å²) >= 11 is 16.9. The summed E-state index contributed by atoms with van der Waals surface area (Å²) in [4.78, 5) is 28.6. The Hall–Kier alpha value is -2.98. The third-order valence-electron chi connectivity index (χ3n) is 4.91. The van der Waals surface area contributed by atoms with Crippen LogP contribution in [0, 0.1) is 0 Å². The van der Waals surface area contributed by atoms with Gasteiger partial charge in [0, 0.05) is 0 Å². The molecular formula is C25H17BrCl2N2O5S. The van der Waals surface area contributed by atoms with E-state index < -0.39 is 5.97 Å². The fraction of sp³-hybridized carbons (Fsp3) is 0.0800. The van der Waals surface area contributed by atoms with Crippen LogP contribution in [0.15, 0.2) is 69.0 Å². The van der Waals surface area contributed by atoms with Gasteiger partial charge >= 0.3 is 5.97 Å². The Bertz CT molecular complexity index is 1430. The minimum absolute atomic E-state index is 0.140. The predicted octanol–water partition coefficient (Wildman–Crippen LogP) is 6.93. The van der Waals surface area contributed by atoms with Gasteiger partial charge < -0.3 is 19.9 Å². The maximum atomic E-state index is 12.5. The largest absolute Gasteiger partial charge is 0.493 e. The van der Waals surface area contributed by atoms with E-state index in [1.54, 1.807) is 54.6 Å². The van der Waals surface area contributed by atoms with Crippen molar-refractivity contribution < 1.29 is 24.2 Å². The zero-order valence-corrected chi connectivity index (χ0v) is 22.5. The van der Waals surface area contributed by atoms with E-state index in [9.17, 15) is 14.7 Å². The lowest BCUT2D eigenvalue weighted by molar-refractivity contribution is -0.115. The number of nitrogens with one attached hydrogen (secondary N) is 1. The van der Waals surface area contributed by atoms with E-state index in [0.29, 0.717) is 52.9 Å². The Morgan fingerprint density at radius 2 is 1.97 bits per heavy atom. The highest BCUT2D eigenvalue weighted by molar-refractivity contribution is 9.10. The molecule has 11 heteroatoms. The number of hydrogen-bond acceptors (Lipinski definition) is 6. The molecule has 0 bridgehead atoms. The van der Waals surface area contributed by atoms with Gasteiger partial charge in [-0.3, -0.25) is 4.79 Å². The minimum atomic E-state index is -1.01. The molecule has 3 aromatic carbocycles. The number of thioether (sulfide) groups is 1. The molecule has 1 amide bonds. The van der Waals surface area contributed by atoms with E-state index in [4.69, 9.17) is 32.7 Å². The number of amidine groups is 1. The highest BCUT2D eigenvalue weighted by Gasteiger charge is 2.25. The van der Waals surface area contributed by atoms with Gasteiger partial charge in [0.05, 0.1) is 37.8 Å². The van der Waals surface area contributed by atoms with E-state index in [1.807, 2.05) is 0 Å². The standard InChI is InChI=1S/C25H17BrCl2N2O5S/c1-34-19-10-14(9-16(26)22(19)35-12-13-4-2-5-15(8-13)24(32)33)11-20-23(31)30-25(36-20)29-18-7-3-6-17(27)21(18)28/h2-11H,12H2,1H3,(H,32,33)(H,29,30,31)/b20-11+. The number of carboxylic acids is 1. The molecule has 2 N–H and O–H groups in total. The summed E-state index contributed by atoms with van der Waals surface area (Å²) in [5.41, 5.74) is 2.02. The zero-order valence-electron chi connectivity index (χ0n) is 18.6. The molecule has 1 saturated heterocycles. The maximum Gasteiger partial charge on any atom is 0.335 e. The monoisotopic (exact) mass is 606 g/mol. The number of amides is 1. The molecule has 184 valence electrons.